The molecule has 0 aromatic carbocycles. The van der Waals surface area contributed by atoms with Crippen LogP contribution in [0.15, 0.2) is 29.0 Å². The van der Waals surface area contributed by atoms with Crippen molar-refractivity contribution in [2.45, 2.75) is 0 Å². The normalized spacial score (nSPS) is 16.4. The molecule has 0 amide bonds. The fourth-order valence-corrected chi connectivity index (χ4v) is 2.40. The molecule has 0 atom stereocenters. The Hall–Kier alpha value is -1.20. The zero-order chi connectivity index (χ0) is 11.7. The van der Waals surface area contributed by atoms with Gasteiger partial charge in [0, 0.05) is 30.9 Å². The molecule has 0 radical (unpaired) electrons. The van der Waals surface area contributed by atoms with Gasteiger partial charge in [-0.15, -0.1) is 0 Å². The zero-order valence-electron chi connectivity index (χ0n) is 9.27. The monoisotopic (exact) mass is 293 g/mol. The van der Waals surface area contributed by atoms with Gasteiger partial charge in [0.15, 0.2) is 0 Å². The molecule has 17 heavy (non-hydrogen) atoms. The fourth-order valence-electron chi connectivity index (χ4n) is 1.97. The average molecular weight is 294 g/mol. The molecule has 0 bridgehead atoms. The van der Waals surface area contributed by atoms with Crippen LogP contribution in [-0.2, 0) is 4.74 Å². The average Bonchev–Trinajstić information content (AvgIpc) is 2.40. The number of nitrogens with zero attached hydrogens (tertiary/aromatic N) is 3. The number of hydrogen-bond acceptors (Lipinski definition) is 4. The van der Waals surface area contributed by atoms with Gasteiger partial charge >= 0.3 is 0 Å². The molecule has 2 aromatic heterocycles. The van der Waals surface area contributed by atoms with Gasteiger partial charge < -0.3 is 9.64 Å². The third kappa shape index (κ3) is 2.12. The van der Waals surface area contributed by atoms with Crippen molar-refractivity contribution in [1.82, 2.24) is 9.97 Å². The van der Waals surface area contributed by atoms with E-state index in [-0.39, 0.29) is 0 Å². The van der Waals surface area contributed by atoms with Gasteiger partial charge in [-0.2, -0.15) is 0 Å². The Labute approximate surface area is 108 Å². The number of aromatic nitrogens is 2. The smallest absolute Gasteiger partial charge is 0.129 e. The molecule has 0 spiro atoms. The lowest BCUT2D eigenvalue weighted by Gasteiger charge is -2.27. The Balaban J connectivity index is 2.03. The van der Waals surface area contributed by atoms with Crippen LogP contribution in [-0.4, -0.2) is 36.3 Å². The van der Waals surface area contributed by atoms with Gasteiger partial charge in [0.1, 0.15) is 5.82 Å². The van der Waals surface area contributed by atoms with Gasteiger partial charge in [0.2, 0.25) is 0 Å². The van der Waals surface area contributed by atoms with E-state index in [1.165, 1.54) is 0 Å². The largest absolute Gasteiger partial charge is 0.378 e. The van der Waals surface area contributed by atoms with E-state index >= 15 is 0 Å². The fraction of sp³-hybridized carbons (Fsp3) is 0.333. The highest BCUT2D eigenvalue weighted by atomic mass is 79.9. The molecule has 1 fully saturated rings. The summed E-state index contributed by atoms with van der Waals surface area (Å²) in [5.41, 5.74) is 0.962. The van der Waals surface area contributed by atoms with Crippen LogP contribution < -0.4 is 4.90 Å². The van der Waals surface area contributed by atoms with Crippen molar-refractivity contribution in [1.29, 1.82) is 0 Å². The second-order valence-electron chi connectivity index (χ2n) is 3.96. The minimum absolute atomic E-state index is 0.775. The number of fused-ring (bicyclic) bond motifs is 1. The molecule has 0 unspecified atom stereocenters. The third-order valence-electron chi connectivity index (χ3n) is 2.87. The summed E-state index contributed by atoms with van der Waals surface area (Å²) >= 11 is 3.49. The molecule has 0 N–H and O–H groups in total. The minimum atomic E-state index is 0.775. The Morgan fingerprint density at radius 2 is 2.00 bits per heavy atom. The van der Waals surface area contributed by atoms with Crippen LogP contribution in [0.25, 0.3) is 10.9 Å². The first kappa shape index (κ1) is 10.9. The summed E-state index contributed by atoms with van der Waals surface area (Å²) in [4.78, 5) is 11.1. The van der Waals surface area contributed by atoms with Crippen LogP contribution in [0.4, 0.5) is 5.82 Å². The lowest BCUT2D eigenvalue weighted by molar-refractivity contribution is 0.122. The molecule has 4 nitrogen and oxygen atoms in total. The number of hydrogen-bond donors (Lipinski definition) is 0. The van der Waals surface area contributed by atoms with Crippen molar-refractivity contribution in [2.24, 2.45) is 0 Å². The second-order valence-corrected chi connectivity index (χ2v) is 4.82. The minimum Gasteiger partial charge on any atom is -0.378 e. The van der Waals surface area contributed by atoms with Gasteiger partial charge in [-0.3, -0.25) is 4.98 Å². The van der Waals surface area contributed by atoms with Gasteiger partial charge in [0.05, 0.1) is 23.2 Å². The predicted molar refractivity (Wildman–Crippen MR) is 70.3 cm³/mol. The summed E-state index contributed by atoms with van der Waals surface area (Å²) in [5.74, 6) is 1.01. The first-order chi connectivity index (χ1) is 8.34. The van der Waals surface area contributed by atoms with E-state index in [4.69, 9.17) is 4.74 Å². The van der Waals surface area contributed by atoms with E-state index in [2.05, 4.69) is 36.9 Å². The van der Waals surface area contributed by atoms with Crippen LogP contribution in [0.2, 0.25) is 0 Å². The molecule has 0 aliphatic carbocycles. The first-order valence-corrected chi connectivity index (χ1v) is 6.37. The highest BCUT2D eigenvalue weighted by Gasteiger charge is 2.13. The molecule has 2 aromatic rings. The van der Waals surface area contributed by atoms with Gasteiger partial charge in [-0.1, -0.05) is 0 Å². The summed E-state index contributed by atoms with van der Waals surface area (Å²) in [6.07, 6.45) is 3.61. The topological polar surface area (TPSA) is 38.2 Å². The second kappa shape index (κ2) is 4.58. The number of rotatable bonds is 1. The highest BCUT2D eigenvalue weighted by Crippen LogP contribution is 2.24. The maximum absolute atomic E-state index is 5.34. The maximum atomic E-state index is 5.34. The number of ether oxygens (including phenoxy) is 1. The van der Waals surface area contributed by atoms with E-state index in [0.717, 1.165) is 47.5 Å². The summed E-state index contributed by atoms with van der Waals surface area (Å²) in [7, 11) is 0. The molecule has 1 aliphatic heterocycles. The number of pyridine rings is 2. The van der Waals surface area contributed by atoms with Crippen LogP contribution in [0.5, 0.6) is 0 Å². The zero-order valence-corrected chi connectivity index (χ0v) is 10.9. The molecule has 88 valence electrons. The van der Waals surface area contributed by atoms with Crippen LogP contribution >= 0.6 is 15.9 Å². The van der Waals surface area contributed by atoms with Crippen LogP contribution in [0, 0.1) is 0 Å². The van der Waals surface area contributed by atoms with Crippen LogP contribution in [0.1, 0.15) is 0 Å². The van der Waals surface area contributed by atoms with Gasteiger partial charge in [-0.05, 0) is 28.1 Å². The van der Waals surface area contributed by atoms with Gasteiger partial charge in [0.25, 0.3) is 0 Å². The Morgan fingerprint density at radius 3 is 2.82 bits per heavy atom. The quantitative estimate of drug-likeness (QED) is 0.808. The number of halogens is 1. The molecular weight excluding hydrogens is 282 g/mol. The van der Waals surface area contributed by atoms with E-state index in [0.29, 0.717) is 0 Å². The highest BCUT2D eigenvalue weighted by molar-refractivity contribution is 9.10. The molecule has 0 saturated carbocycles. The van der Waals surface area contributed by atoms with Crippen molar-refractivity contribution in [3.8, 4) is 0 Å². The Kier molecular flexibility index (Phi) is 2.94. The number of anilines is 1. The van der Waals surface area contributed by atoms with Crippen LogP contribution in [0.3, 0.4) is 0 Å². The van der Waals surface area contributed by atoms with Crippen molar-refractivity contribution in [2.75, 3.05) is 31.2 Å². The van der Waals surface area contributed by atoms with Crippen molar-refractivity contribution in [3.05, 3.63) is 29.0 Å². The molecule has 1 saturated heterocycles. The Morgan fingerprint density at radius 1 is 1.18 bits per heavy atom. The molecule has 5 heteroatoms. The van der Waals surface area contributed by atoms with Crippen molar-refractivity contribution >= 4 is 32.7 Å². The van der Waals surface area contributed by atoms with Crippen molar-refractivity contribution < 1.29 is 4.74 Å². The number of morpholine rings is 1. The third-order valence-corrected chi connectivity index (χ3v) is 3.45. The lowest BCUT2D eigenvalue weighted by Crippen LogP contribution is -2.36. The predicted octanol–water partition coefficient (Wildman–Crippen LogP) is 2.23. The first-order valence-electron chi connectivity index (χ1n) is 5.57. The summed E-state index contributed by atoms with van der Waals surface area (Å²) < 4.78 is 6.28. The van der Waals surface area contributed by atoms with E-state index < -0.39 is 0 Å². The van der Waals surface area contributed by atoms with E-state index in [9.17, 15) is 0 Å². The SMILES string of the molecule is Brc1cncc2ccc(N3CCOCC3)nc12. The lowest BCUT2D eigenvalue weighted by atomic mass is 10.2. The summed E-state index contributed by atoms with van der Waals surface area (Å²) in [5, 5.41) is 1.05. The van der Waals surface area contributed by atoms with Gasteiger partial charge in [-0.25, -0.2) is 4.98 Å². The maximum Gasteiger partial charge on any atom is 0.129 e. The van der Waals surface area contributed by atoms with E-state index in [1.807, 2.05) is 12.3 Å². The summed E-state index contributed by atoms with van der Waals surface area (Å²) in [6.45, 7) is 3.36. The molecule has 3 rings (SSSR count). The van der Waals surface area contributed by atoms with E-state index in [1.54, 1.807) is 6.20 Å². The summed E-state index contributed by atoms with van der Waals surface area (Å²) in [6, 6.07) is 4.10. The molecule has 1 aliphatic rings. The molecule has 3 heterocycles. The Bertz CT molecular complexity index is 540. The van der Waals surface area contributed by atoms with Crippen molar-refractivity contribution in [3.63, 3.8) is 0 Å². The molecular formula is C12H12BrN3O. The standard InChI is InChI=1S/C12H12BrN3O/c13-10-8-14-7-9-1-2-11(15-12(9)10)16-3-5-17-6-4-16/h1-2,7-8H,3-6H2.